The van der Waals surface area contributed by atoms with Crippen LogP contribution in [0.4, 0.5) is 14.5 Å². The summed E-state index contributed by atoms with van der Waals surface area (Å²) in [5, 5.41) is 0. The first-order chi connectivity index (χ1) is 15.0. The minimum atomic E-state index is -0.562. The molecule has 0 atom stereocenters. The van der Waals surface area contributed by atoms with Crippen LogP contribution < -0.4 is 4.90 Å². The van der Waals surface area contributed by atoms with Crippen LogP contribution in [0.25, 0.3) is 0 Å². The van der Waals surface area contributed by atoms with Gasteiger partial charge in [-0.05, 0) is 50.1 Å². The fraction of sp³-hybridized carbons (Fsp3) is 0.269. The van der Waals surface area contributed by atoms with Gasteiger partial charge in [-0.15, -0.1) is 0 Å². The molecule has 1 aliphatic heterocycles. The zero-order valence-corrected chi connectivity index (χ0v) is 17.6. The molecule has 0 aliphatic carbocycles. The first-order valence-electron chi connectivity index (χ1n) is 10.6. The summed E-state index contributed by atoms with van der Waals surface area (Å²) in [6.45, 7) is 3.95. The number of anilines is 1. The van der Waals surface area contributed by atoms with Gasteiger partial charge in [-0.3, -0.25) is 9.69 Å². The van der Waals surface area contributed by atoms with Crippen LogP contribution in [-0.4, -0.2) is 29.9 Å². The van der Waals surface area contributed by atoms with Gasteiger partial charge in [0.15, 0.2) is 0 Å². The summed E-state index contributed by atoms with van der Waals surface area (Å²) in [6, 6.07) is 21.2. The third-order valence-corrected chi connectivity index (χ3v) is 5.88. The molecule has 31 heavy (non-hydrogen) atoms. The molecule has 0 unspecified atom stereocenters. The molecule has 4 rings (SSSR count). The number of halogens is 2. The van der Waals surface area contributed by atoms with Crippen LogP contribution in [0, 0.1) is 18.6 Å². The quantitative estimate of drug-likeness (QED) is 0.538. The lowest BCUT2D eigenvalue weighted by Crippen LogP contribution is -2.47. The summed E-state index contributed by atoms with van der Waals surface area (Å²) in [5.74, 6) is -1.08. The Labute approximate surface area is 181 Å². The summed E-state index contributed by atoms with van der Waals surface area (Å²) in [7, 11) is 0. The van der Waals surface area contributed by atoms with Gasteiger partial charge >= 0.3 is 0 Å². The highest BCUT2D eigenvalue weighted by Crippen LogP contribution is 2.27. The maximum atomic E-state index is 14.0. The van der Waals surface area contributed by atoms with Crippen molar-refractivity contribution in [2.45, 2.75) is 32.4 Å². The summed E-state index contributed by atoms with van der Waals surface area (Å²) in [5.41, 5.74) is 3.20. The fourth-order valence-electron chi connectivity index (χ4n) is 4.15. The number of amides is 1. The van der Waals surface area contributed by atoms with E-state index in [4.69, 9.17) is 0 Å². The number of hydrogen-bond acceptors (Lipinski definition) is 2. The molecule has 0 bridgehead atoms. The van der Waals surface area contributed by atoms with E-state index in [9.17, 15) is 13.6 Å². The number of likely N-dealkylation sites (tertiary alicyclic amines) is 1. The average molecular weight is 421 g/mol. The fourth-order valence-corrected chi connectivity index (χ4v) is 4.15. The van der Waals surface area contributed by atoms with E-state index < -0.39 is 11.6 Å². The third kappa shape index (κ3) is 5.00. The van der Waals surface area contributed by atoms with E-state index in [-0.39, 0.29) is 11.9 Å². The molecule has 0 spiro atoms. The number of carbonyl (C=O) groups excluding carboxylic acids is 1. The summed E-state index contributed by atoms with van der Waals surface area (Å²) < 4.78 is 27.2. The van der Waals surface area contributed by atoms with Crippen LogP contribution >= 0.6 is 0 Å². The Bertz CT molecular complexity index is 1030. The van der Waals surface area contributed by atoms with Crippen molar-refractivity contribution in [3.63, 3.8) is 0 Å². The second kappa shape index (κ2) is 9.40. The lowest BCUT2D eigenvalue weighted by atomic mass is 10.00. The molecule has 0 saturated carbocycles. The number of carbonyl (C=O) groups is 1. The molecule has 1 saturated heterocycles. The minimum Gasteiger partial charge on any atom is -0.305 e. The maximum absolute atomic E-state index is 14.0. The molecular formula is C26H26F2N2O. The predicted octanol–water partition coefficient (Wildman–Crippen LogP) is 5.58. The third-order valence-electron chi connectivity index (χ3n) is 5.88. The Kier molecular flexibility index (Phi) is 6.42. The number of nitrogens with zero attached hydrogens (tertiary/aromatic N) is 2. The van der Waals surface area contributed by atoms with Crippen LogP contribution in [0.15, 0.2) is 72.8 Å². The maximum Gasteiger partial charge on any atom is 0.258 e. The van der Waals surface area contributed by atoms with Gasteiger partial charge in [0.1, 0.15) is 11.6 Å². The van der Waals surface area contributed by atoms with Crippen molar-refractivity contribution in [1.82, 2.24) is 4.90 Å². The van der Waals surface area contributed by atoms with Crippen molar-refractivity contribution < 1.29 is 13.6 Å². The molecule has 3 aromatic rings. The number of benzene rings is 3. The van der Waals surface area contributed by atoms with Gasteiger partial charge in [0.25, 0.3) is 5.91 Å². The lowest BCUT2D eigenvalue weighted by molar-refractivity contribution is 0.0958. The van der Waals surface area contributed by atoms with E-state index in [1.165, 1.54) is 12.1 Å². The Balaban J connectivity index is 1.50. The van der Waals surface area contributed by atoms with Gasteiger partial charge in [-0.25, -0.2) is 8.78 Å². The van der Waals surface area contributed by atoms with Gasteiger partial charge < -0.3 is 4.90 Å². The first kappa shape index (κ1) is 21.2. The minimum absolute atomic E-state index is 0.00696. The van der Waals surface area contributed by atoms with Gasteiger partial charge in [0.2, 0.25) is 0 Å². The molecule has 3 nitrogen and oxygen atoms in total. The Morgan fingerprint density at radius 2 is 1.65 bits per heavy atom. The van der Waals surface area contributed by atoms with E-state index >= 15 is 0 Å². The van der Waals surface area contributed by atoms with Crippen molar-refractivity contribution in [3.05, 3.63) is 101 Å². The topological polar surface area (TPSA) is 23.6 Å². The molecule has 5 heteroatoms. The largest absolute Gasteiger partial charge is 0.305 e. The summed E-state index contributed by atoms with van der Waals surface area (Å²) in [4.78, 5) is 17.5. The Morgan fingerprint density at radius 3 is 2.29 bits per heavy atom. The highest BCUT2D eigenvalue weighted by atomic mass is 19.1. The van der Waals surface area contributed by atoms with E-state index in [0.717, 1.165) is 43.2 Å². The van der Waals surface area contributed by atoms with Crippen LogP contribution in [-0.2, 0) is 6.54 Å². The zero-order chi connectivity index (χ0) is 21.8. The monoisotopic (exact) mass is 420 g/mol. The van der Waals surface area contributed by atoms with Crippen LogP contribution in [0.1, 0.15) is 34.3 Å². The van der Waals surface area contributed by atoms with E-state index in [1.54, 1.807) is 0 Å². The molecule has 1 aliphatic rings. The number of piperidine rings is 1. The molecule has 0 N–H and O–H groups in total. The highest BCUT2D eigenvalue weighted by Gasteiger charge is 2.30. The van der Waals surface area contributed by atoms with E-state index in [1.807, 2.05) is 66.4 Å². The second-order valence-corrected chi connectivity index (χ2v) is 8.12. The second-order valence-electron chi connectivity index (χ2n) is 8.12. The summed E-state index contributed by atoms with van der Waals surface area (Å²) >= 11 is 0. The molecule has 1 amide bonds. The Morgan fingerprint density at radius 1 is 0.968 bits per heavy atom. The van der Waals surface area contributed by atoms with E-state index in [2.05, 4.69) is 4.90 Å². The van der Waals surface area contributed by atoms with Crippen LogP contribution in [0.3, 0.4) is 0 Å². The normalized spacial score (nSPS) is 15.1. The van der Waals surface area contributed by atoms with Crippen molar-refractivity contribution in [2.24, 2.45) is 0 Å². The van der Waals surface area contributed by atoms with Crippen molar-refractivity contribution >= 4 is 11.6 Å². The molecule has 0 aromatic heterocycles. The number of hydrogen-bond donors (Lipinski definition) is 0. The summed E-state index contributed by atoms with van der Waals surface area (Å²) in [6.07, 6.45) is 1.57. The molecule has 3 aromatic carbocycles. The predicted molar refractivity (Wildman–Crippen MR) is 119 cm³/mol. The van der Waals surface area contributed by atoms with Gasteiger partial charge in [0.05, 0.1) is 0 Å². The van der Waals surface area contributed by atoms with Gasteiger partial charge in [0, 0.05) is 48.6 Å². The Hall–Kier alpha value is -3.05. The van der Waals surface area contributed by atoms with Crippen molar-refractivity contribution in [1.29, 1.82) is 0 Å². The number of rotatable bonds is 5. The lowest BCUT2D eigenvalue weighted by Gasteiger charge is -2.38. The number of aryl methyl sites for hydroxylation is 1. The standard InChI is InChI=1S/C26H26F2N2O/c1-19-7-11-23(12-8-19)30(26(31)20-5-3-2-4-6-20)24-13-15-29(16-14-24)18-21-9-10-22(27)17-25(21)28/h2-12,17,24H,13-16,18H2,1H3. The first-order valence-corrected chi connectivity index (χ1v) is 10.6. The van der Waals surface area contributed by atoms with Crippen LogP contribution in [0.5, 0.6) is 0 Å². The average Bonchev–Trinajstić information content (AvgIpc) is 2.79. The van der Waals surface area contributed by atoms with Gasteiger partial charge in [-0.1, -0.05) is 42.0 Å². The molecule has 1 heterocycles. The highest BCUT2D eigenvalue weighted by molar-refractivity contribution is 6.06. The SMILES string of the molecule is Cc1ccc(N(C(=O)c2ccccc2)C2CCN(Cc3ccc(F)cc3F)CC2)cc1. The smallest absolute Gasteiger partial charge is 0.258 e. The molecular weight excluding hydrogens is 394 g/mol. The molecule has 0 radical (unpaired) electrons. The zero-order valence-electron chi connectivity index (χ0n) is 17.6. The van der Waals surface area contributed by atoms with Crippen molar-refractivity contribution in [3.8, 4) is 0 Å². The van der Waals surface area contributed by atoms with Gasteiger partial charge in [-0.2, -0.15) is 0 Å². The molecule has 1 fully saturated rings. The van der Waals surface area contributed by atoms with Crippen molar-refractivity contribution in [2.75, 3.05) is 18.0 Å². The van der Waals surface area contributed by atoms with Crippen LogP contribution in [0.2, 0.25) is 0 Å². The molecule has 160 valence electrons. The van der Waals surface area contributed by atoms with E-state index in [0.29, 0.717) is 17.7 Å².